The first-order valence-electron chi connectivity index (χ1n) is 7.38. The van der Waals surface area contributed by atoms with Gasteiger partial charge in [0.25, 0.3) is 0 Å². The van der Waals surface area contributed by atoms with Gasteiger partial charge in [-0.15, -0.1) is 0 Å². The largest absolute Gasteiger partial charge is 0.338 e. The molecule has 104 valence electrons. The molecule has 0 unspecified atom stereocenters. The van der Waals surface area contributed by atoms with Crippen molar-refractivity contribution < 1.29 is 0 Å². The normalized spacial score (nSPS) is 16.8. The van der Waals surface area contributed by atoms with Crippen LogP contribution in [-0.4, -0.2) is 16.5 Å². The van der Waals surface area contributed by atoms with Gasteiger partial charge in [-0.2, -0.15) is 0 Å². The van der Waals surface area contributed by atoms with Gasteiger partial charge in [0, 0.05) is 40.5 Å². The highest BCUT2D eigenvalue weighted by Gasteiger charge is 2.27. The molecule has 3 aromatic rings. The summed E-state index contributed by atoms with van der Waals surface area (Å²) in [6.07, 6.45) is 0. The molecule has 2 nitrogen and oxygen atoms in total. The first-order valence-corrected chi connectivity index (χ1v) is 8.20. The van der Waals surface area contributed by atoms with Crippen LogP contribution in [0.1, 0.15) is 16.8 Å². The van der Waals surface area contributed by atoms with Crippen LogP contribution in [0.5, 0.6) is 0 Å². The van der Waals surface area contributed by atoms with Crippen molar-refractivity contribution >= 4 is 22.7 Å². The Morgan fingerprint density at radius 3 is 2.71 bits per heavy atom. The summed E-state index contributed by atoms with van der Waals surface area (Å²) in [7, 11) is 2.21. The summed E-state index contributed by atoms with van der Waals surface area (Å²) in [6, 6.07) is 15.6. The van der Waals surface area contributed by atoms with Gasteiger partial charge >= 0.3 is 0 Å². The first-order chi connectivity index (χ1) is 10.3. The standard InChI is InChI=1S/C18H16N2S/c1-19-10-14-13-6-4-8-17-18(13)20(15(14)11-19)9-12-5-2-3-7-16(12)21-17/h2-8H,9-11H2,1H3. The van der Waals surface area contributed by atoms with Crippen LogP contribution in [0.15, 0.2) is 52.3 Å². The molecule has 3 heteroatoms. The minimum atomic E-state index is 1.000. The van der Waals surface area contributed by atoms with Gasteiger partial charge in [0.1, 0.15) is 0 Å². The van der Waals surface area contributed by atoms with Gasteiger partial charge < -0.3 is 4.57 Å². The highest BCUT2D eigenvalue weighted by molar-refractivity contribution is 7.99. The summed E-state index contributed by atoms with van der Waals surface area (Å²) < 4.78 is 2.56. The van der Waals surface area contributed by atoms with E-state index in [1.807, 2.05) is 11.8 Å². The average Bonchev–Trinajstić information content (AvgIpc) is 2.92. The minimum absolute atomic E-state index is 1.000. The maximum Gasteiger partial charge on any atom is 0.0631 e. The van der Waals surface area contributed by atoms with Gasteiger partial charge in [-0.05, 0) is 30.3 Å². The fourth-order valence-electron chi connectivity index (χ4n) is 3.72. The third-order valence-corrected chi connectivity index (χ3v) is 5.80. The Morgan fingerprint density at radius 1 is 0.905 bits per heavy atom. The number of hydrogen-bond acceptors (Lipinski definition) is 2. The number of aromatic nitrogens is 1. The van der Waals surface area contributed by atoms with Crippen LogP contribution < -0.4 is 0 Å². The zero-order valence-corrected chi connectivity index (χ0v) is 12.8. The third-order valence-electron chi connectivity index (χ3n) is 4.64. The molecule has 3 heterocycles. The second-order valence-corrected chi connectivity index (χ2v) is 7.13. The molecule has 2 aliphatic rings. The van der Waals surface area contributed by atoms with Gasteiger partial charge in [0.15, 0.2) is 0 Å². The lowest BCUT2D eigenvalue weighted by Gasteiger charge is -2.12. The molecule has 0 saturated heterocycles. The summed E-state index contributed by atoms with van der Waals surface area (Å²) in [5.41, 5.74) is 5.93. The fourth-order valence-corrected chi connectivity index (χ4v) is 4.83. The molecule has 0 aliphatic carbocycles. The van der Waals surface area contributed by atoms with Gasteiger partial charge in [-0.25, -0.2) is 0 Å². The van der Waals surface area contributed by atoms with Gasteiger partial charge in [-0.1, -0.05) is 42.1 Å². The highest BCUT2D eigenvalue weighted by Crippen LogP contribution is 2.43. The Morgan fingerprint density at radius 2 is 1.76 bits per heavy atom. The summed E-state index contributed by atoms with van der Waals surface area (Å²) >= 11 is 1.92. The van der Waals surface area contributed by atoms with Crippen LogP contribution in [0.3, 0.4) is 0 Å². The Bertz CT molecular complexity index is 878. The van der Waals surface area contributed by atoms with Crippen molar-refractivity contribution in [3.63, 3.8) is 0 Å². The van der Waals surface area contributed by atoms with Crippen molar-refractivity contribution in [1.82, 2.24) is 9.47 Å². The maximum atomic E-state index is 2.56. The van der Waals surface area contributed by atoms with E-state index in [-0.39, 0.29) is 0 Å². The monoisotopic (exact) mass is 292 g/mol. The molecule has 1 aromatic heterocycles. The molecule has 5 rings (SSSR count). The first kappa shape index (κ1) is 11.9. The average molecular weight is 292 g/mol. The van der Waals surface area contributed by atoms with E-state index in [4.69, 9.17) is 0 Å². The molecule has 0 spiro atoms. The topological polar surface area (TPSA) is 8.17 Å². The summed E-state index contributed by atoms with van der Waals surface area (Å²) in [4.78, 5) is 5.20. The molecule has 0 radical (unpaired) electrons. The van der Waals surface area contributed by atoms with Crippen molar-refractivity contribution in [3.05, 3.63) is 59.3 Å². The molecule has 0 N–H and O–H groups in total. The quantitative estimate of drug-likeness (QED) is 0.482. The molecular formula is C18H16N2S. The Kier molecular flexibility index (Phi) is 2.35. The number of benzene rings is 2. The van der Waals surface area contributed by atoms with E-state index in [1.54, 1.807) is 0 Å². The molecule has 0 saturated carbocycles. The van der Waals surface area contributed by atoms with E-state index in [9.17, 15) is 0 Å². The van der Waals surface area contributed by atoms with E-state index in [0.29, 0.717) is 0 Å². The highest BCUT2D eigenvalue weighted by atomic mass is 32.2. The van der Waals surface area contributed by atoms with E-state index in [0.717, 1.165) is 19.6 Å². The lowest BCUT2D eigenvalue weighted by Crippen LogP contribution is -2.11. The van der Waals surface area contributed by atoms with Crippen LogP contribution in [-0.2, 0) is 19.6 Å². The molecule has 0 bridgehead atoms. The smallest absolute Gasteiger partial charge is 0.0631 e. The fraction of sp³-hybridized carbons (Fsp3) is 0.222. The Balaban J connectivity index is 1.86. The molecule has 0 fully saturated rings. The molecular weight excluding hydrogens is 276 g/mol. The van der Waals surface area contributed by atoms with Crippen LogP contribution >= 0.6 is 11.8 Å². The Labute approximate surface area is 128 Å². The number of para-hydroxylation sites is 1. The zero-order valence-electron chi connectivity index (χ0n) is 12.0. The second kappa shape index (κ2) is 4.15. The molecule has 0 atom stereocenters. The van der Waals surface area contributed by atoms with Crippen LogP contribution in [0, 0.1) is 0 Å². The molecule has 2 aromatic carbocycles. The summed E-state index contributed by atoms with van der Waals surface area (Å²) in [5.74, 6) is 0. The minimum Gasteiger partial charge on any atom is -0.338 e. The van der Waals surface area contributed by atoms with Crippen molar-refractivity contribution in [2.45, 2.75) is 29.4 Å². The van der Waals surface area contributed by atoms with E-state index >= 15 is 0 Å². The number of nitrogens with zero attached hydrogens (tertiary/aromatic N) is 2. The lowest BCUT2D eigenvalue weighted by atomic mass is 10.1. The maximum absolute atomic E-state index is 2.56. The van der Waals surface area contributed by atoms with Crippen LogP contribution in [0.2, 0.25) is 0 Å². The van der Waals surface area contributed by atoms with E-state index in [1.165, 1.54) is 37.5 Å². The third kappa shape index (κ3) is 1.59. The summed E-state index contributed by atoms with van der Waals surface area (Å²) in [6.45, 7) is 3.14. The molecule has 21 heavy (non-hydrogen) atoms. The van der Waals surface area contributed by atoms with Gasteiger partial charge in [0.2, 0.25) is 0 Å². The molecule has 2 aliphatic heterocycles. The van der Waals surface area contributed by atoms with E-state index < -0.39 is 0 Å². The SMILES string of the molecule is CN1Cc2c(n3c4c(cccc24)Sc2ccccc2C3)C1. The number of rotatable bonds is 0. The molecule has 0 amide bonds. The number of fused-ring (bicyclic) bond motifs is 4. The van der Waals surface area contributed by atoms with Crippen molar-refractivity contribution in [1.29, 1.82) is 0 Å². The van der Waals surface area contributed by atoms with Crippen molar-refractivity contribution in [3.8, 4) is 0 Å². The van der Waals surface area contributed by atoms with E-state index in [2.05, 4.69) is 59.0 Å². The Hall–Kier alpha value is -1.71. The predicted octanol–water partition coefficient (Wildman–Crippen LogP) is 4.10. The van der Waals surface area contributed by atoms with Crippen molar-refractivity contribution in [2.24, 2.45) is 0 Å². The van der Waals surface area contributed by atoms with Crippen molar-refractivity contribution in [2.75, 3.05) is 7.05 Å². The van der Waals surface area contributed by atoms with Gasteiger partial charge in [0.05, 0.1) is 5.52 Å². The summed E-state index contributed by atoms with van der Waals surface area (Å²) in [5, 5.41) is 1.45. The second-order valence-electron chi connectivity index (χ2n) is 6.05. The lowest BCUT2D eigenvalue weighted by molar-refractivity contribution is 0.347. The van der Waals surface area contributed by atoms with Gasteiger partial charge in [-0.3, -0.25) is 4.90 Å². The zero-order chi connectivity index (χ0) is 14.0. The number of hydrogen-bond donors (Lipinski definition) is 0. The van der Waals surface area contributed by atoms with Crippen LogP contribution in [0.25, 0.3) is 10.9 Å². The predicted molar refractivity (Wildman–Crippen MR) is 86.8 cm³/mol. The van der Waals surface area contributed by atoms with Crippen LogP contribution in [0.4, 0.5) is 0 Å².